The molecule has 2 nitrogen and oxygen atoms in total. The van der Waals surface area contributed by atoms with E-state index in [0.717, 1.165) is 19.0 Å². The van der Waals surface area contributed by atoms with Crippen molar-refractivity contribution in [1.82, 2.24) is 0 Å². The largest absolute Gasteiger partial charge is 0.475 e. The molecule has 0 saturated heterocycles. The van der Waals surface area contributed by atoms with Crippen LogP contribution in [0, 0.1) is 13.8 Å². The Morgan fingerprint density at radius 1 is 1.23 bits per heavy atom. The van der Waals surface area contributed by atoms with Crippen molar-refractivity contribution in [3.05, 3.63) is 34.9 Å². The SMILES string of the molecule is Cc1cccc(C)c1C1=NCCO1. The van der Waals surface area contributed by atoms with E-state index in [-0.39, 0.29) is 0 Å². The molecule has 0 spiro atoms. The predicted octanol–water partition coefficient (Wildman–Crippen LogP) is 2.08. The summed E-state index contributed by atoms with van der Waals surface area (Å²) in [6.07, 6.45) is 0. The summed E-state index contributed by atoms with van der Waals surface area (Å²) < 4.78 is 5.45. The zero-order chi connectivity index (χ0) is 9.26. The van der Waals surface area contributed by atoms with Gasteiger partial charge in [-0.1, -0.05) is 18.2 Å². The maximum atomic E-state index is 5.45. The fourth-order valence-corrected chi connectivity index (χ4v) is 1.64. The number of aryl methyl sites for hydroxylation is 2. The molecule has 0 aliphatic carbocycles. The van der Waals surface area contributed by atoms with Crippen molar-refractivity contribution in [1.29, 1.82) is 0 Å². The molecule has 0 N–H and O–H groups in total. The van der Waals surface area contributed by atoms with E-state index < -0.39 is 0 Å². The van der Waals surface area contributed by atoms with E-state index in [0.29, 0.717) is 0 Å². The predicted molar refractivity (Wildman–Crippen MR) is 53.3 cm³/mol. The van der Waals surface area contributed by atoms with E-state index in [1.807, 2.05) is 0 Å². The van der Waals surface area contributed by atoms with E-state index in [9.17, 15) is 0 Å². The molecule has 0 amide bonds. The molecule has 13 heavy (non-hydrogen) atoms. The summed E-state index contributed by atoms with van der Waals surface area (Å²) >= 11 is 0. The first-order chi connectivity index (χ1) is 6.29. The highest BCUT2D eigenvalue weighted by atomic mass is 16.5. The summed E-state index contributed by atoms with van der Waals surface area (Å²) in [5.74, 6) is 0.815. The normalized spacial score (nSPS) is 15.4. The average molecular weight is 175 g/mol. The van der Waals surface area contributed by atoms with Crippen LogP contribution in [0.1, 0.15) is 16.7 Å². The molecule has 0 bridgehead atoms. The van der Waals surface area contributed by atoms with Gasteiger partial charge >= 0.3 is 0 Å². The van der Waals surface area contributed by atoms with Crippen LogP contribution >= 0.6 is 0 Å². The van der Waals surface area contributed by atoms with Crippen molar-refractivity contribution in [2.75, 3.05) is 13.2 Å². The van der Waals surface area contributed by atoms with E-state index in [1.165, 1.54) is 16.7 Å². The molecule has 68 valence electrons. The average Bonchev–Trinajstić information content (AvgIpc) is 2.57. The van der Waals surface area contributed by atoms with Crippen LogP contribution in [0.3, 0.4) is 0 Å². The van der Waals surface area contributed by atoms with Gasteiger partial charge < -0.3 is 4.74 Å². The van der Waals surface area contributed by atoms with Gasteiger partial charge in [0.05, 0.1) is 6.54 Å². The maximum Gasteiger partial charge on any atom is 0.216 e. The van der Waals surface area contributed by atoms with Crippen LogP contribution < -0.4 is 0 Å². The molecular weight excluding hydrogens is 162 g/mol. The number of rotatable bonds is 1. The van der Waals surface area contributed by atoms with E-state index in [4.69, 9.17) is 4.74 Å². The Kier molecular flexibility index (Phi) is 2.05. The fraction of sp³-hybridized carbons (Fsp3) is 0.364. The number of benzene rings is 1. The molecule has 0 atom stereocenters. The van der Waals surface area contributed by atoms with Gasteiger partial charge in [-0.05, 0) is 25.0 Å². The van der Waals surface area contributed by atoms with Crippen LogP contribution in [0.25, 0.3) is 0 Å². The second-order valence-corrected chi connectivity index (χ2v) is 3.30. The molecule has 1 heterocycles. The first-order valence-electron chi connectivity index (χ1n) is 4.53. The first-order valence-corrected chi connectivity index (χ1v) is 4.53. The van der Waals surface area contributed by atoms with E-state index in [1.54, 1.807) is 0 Å². The fourth-order valence-electron chi connectivity index (χ4n) is 1.64. The lowest BCUT2D eigenvalue weighted by atomic mass is 10.0. The number of hydrogen-bond acceptors (Lipinski definition) is 2. The Labute approximate surface area is 78.3 Å². The first kappa shape index (κ1) is 8.30. The minimum atomic E-state index is 0.725. The smallest absolute Gasteiger partial charge is 0.216 e. The van der Waals surface area contributed by atoms with Gasteiger partial charge in [0, 0.05) is 5.56 Å². The van der Waals surface area contributed by atoms with Gasteiger partial charge in [0.15, 0.2) is 0 Å². The van der Waals surface area contributed by atoms with Crippen molar-refractivity contribution in [3.63, 3.8) is 0 Å². The number of nitrogens with zero attached hydrogens (tertiary/aromatic N) is 1. The van der Waals surface area contributed by atoms with Crippen LogP contribution in [0.4, 0.5) is 0 Å². The van der Waals surface area contributed by atoms with Gasteiger partial charge in [-0.25, -0.2) is 4.99 Å². The summed E-state index contributed by atoms with van der Waals surface area (Å²) in [4.78, 5) is 4.32. The third kappa shape index (κ3) is 1.44. The summed E-state index contributed by atoms with van der Waals surface area (Å²) in [6.45, 7) is 5.70. The third-order valence-electron chi connectivity index (χ3n) is 2.28. The third-order valence-corrected chi connectivity index (χ3v) is 2.28. The zero-order valence-electron chi connectivity index (χ0n) is 8.00. The number of hydrogen-bond donors (Lipinski definition) is 0. The quantitative estimate of drug-likeness (QED) is 0.640. The summed E-state index contributed by atoms with van der Waals surface area (Å²) in [5.41, 5.74) is 3.64. The van der Waals surface area contributed by atoms with Crippen molar-refractivity contribution < 1.29 is 4.74 Å². The molecule has 0 aromatic heterocycles. The van der Waals surface area contributed by atoms with Crippen molar-refractivity contribution in [3.8, 4) is 0 Å². The van der Waals surface area contributed by atoms with E-state index >= 15 is 0 Å². The Hall–Kier alpha value is -1.31. The lowest BCUT2D eigenvalue weighted by Gasteiger charge is -2.08. The zero-order valence-corrected chi connectivity index (χ0v) is 8.00. The van der Waals surface area contributed by atoms with Crippen LogP contribution in [0.2, 0.25) is 0 Å². The molecule has 1 aromatic carbocycles. The van der Waals surface area contributed by atoms with Crippen LogP contribution in [-0.2, 0) is 4.74 Å². The topological polar surface area (TPSA) is 21.6 Å². The van der Waals surface area contributed by atoms with Gasteiger partial charge in [0.2, 0.25) is 5.90 Å². The number of ether oxygens (including phenoxy) is 1. The molecule has 0 saturated carbocycles. The Morgan fingerprint density at radius 2 is 1.92 bits per heavy atom. The van der Waals surface area contributed by atoms with Gasteiger partial charge in [-0.3, -0.25) is 0 Å². The van der Waals surface area contributed by atoms with E-state index in [2.05, 4.69) is 37.0 Å². The maximum absolute atomic E-state index is 5.45. The summed E-state index contributed by atoms with van der Waals surface area (Å²) in [6, 6.07) is 6.24. The molecule has 2 rings (SSSR count). The highest BCUT2D eigenvalue weighted by Gasteiger charge is 2.14. The molecule has 1 aromatic rings. The Balaban J connectivity index is 2.49. The Bertz CT molecular complexity index is 335. The van der Waals surface area contributed by atoms with Crippen molar-refractivity contribution in [2.45, 2.75) is 13.8 Å². The second-order valence-electron chi connectivity index (χ2n) is 3.30. The molecule has 0 radical (unpaired) electrons. The highest BCUT2D eigenvalue weighted by molar-refractivity contribution is 5.97. The van der Waals surface area contributed by atoms with Crippen LogP contribution in [0.5, 0.6) is 0 Å². The van der Waals surface area contributed by atoms with Crippen LogP contribution in [-0.4, -0.2) is 19.0 Å². The van der Waals surface area contributed by atoms with Crippen LogP contribution in [0.15, 0.2) is 23.2 Å². The van der Waals surface area contributed by atoms with Gasteiger partial charge in [0.25, 0.3) is 0 Å². The Morgan fingerprint density at radius 3 is 2.46 bits per heavy atom. The molecule has 1 aliphatic heterocycles. The van der Waals surface area contributed by atoms with Crippen molar-refractivity contribution in [2.24, 2.45) is 4.99 Å². The minimum absolute atomic E-state index is 0.725. The van der Waals surface area contributed by atoms with Gasteiger partial charge in [-0.2, -0.15) is 0 Å². The molecule has 1 aliphatic rings. The molecular formula is C11H13NO. The van der Waals surface area contributed by atoms with Gasteiger partial charge in [-0.15, -0.1) is 0 Å². The number of aliphatic imine (C=N–C) groups is 1. The van der Waals surface area contributed by atoms with Crippen molar-refractivity contribution >= 4 is 5.90 Å². The molecule has 0 unspecified atom stereocenters. The molecule has 2 heteroatoms. The van der Waals surface area contributed by atoms with Gasteiger partial charge in [0.1, 0.15) is 6.61 Å². The summed E-state index contributed by atoms with van der Waals surface area (Å²) in [7, 11) is 0. The lowest BCUT2D eigenvalue weighted by Crippen LogP contribution is -2.05. The summed E-state index contributed by atoms with van der Waals surface area (Å²) in [5, 5.41) is 0. The lowest BCUT2D eigenvalue weighted by molar-refractivity contribution is 0.348. The second kappa shape index (κ2) is 3.21. The highest BCUT2D eigenvalue weighted by Crippen LogP contribution is 2.16. The monoisotopic (exact) mass is 175 g/mol. The standard InChI is InChI=1S/C11H13NO/c1-8-4-3-5-9(2)10(8)11-12-6-7-13-11/h3-5H,6-7H2,1-2H3. The minimum Gasteiger partial charge on any atom is -0.475 e. The molecule has 0 fully saturated rings.